The average Bonchev–Trinajstić information content (AvgIpc) is 2.65. The molecule has 0 aliphatic rings. The summed E-state index contributed by atoms with van der Waals surface area (Å²) < 4.78 is 0. The first kappa shape index (κ1) is 23.4. The molecule has 0 aliphatic carbocycles. The van der Waals surface area contributed by atoms with Crippen LogP contribution >= 0.6 is 0 Å². The molecule has 3 aromatic rings. The number of hydrogen-bond donors (Lipinski definition) is 0. The third kappa shape index (κ3) is 9.32. The van der Waals surface area contributed by atoms with E-state index in [2.05, 4.69) is 93.9 Å². The molecular weight excluding hydrogens is 338 g/mol. The Morgan fingerprint density at radius 3 is 2.00 bits per heavy atom. The number of benzene rings is 2. The fourth-order valence-electron chi connectivity index (χ4n) is 2.58. The first-order valence-corrected chi connectivity index (χ1v) is 9.99. The summed E-state index contributed by atoms with van der Waals surface area (Å²) in [5.41, 5.74) is 8.83. The highest BCUT2D eigenvalue weighted by Gasteiger charge is 1.97. The third-order valence-corrected chi connectivity index (χ3v) is 4.04. The van der Waals surface area contributed by atoms with E-state index in [4.69, 9.17) is 0 Å². The van der Waals surface area contributed by atoms with Gasteiger partial charge in [0.2, 0.25) is 0 Å². The van der Waals surface area contributed by atoms with Crippen LogP contribution in [-0.4, -0.2) is 4.98 Å². The minimum atomic E-state index is 1.05. The predicted molar refractivity (Wildman–Crippen MR) is 125 cm³/mol. The molecule has 0 radical (unpaired) electrons. The molecule has 1 heteroatoms. The Hall–Kier alpha value is -2.67. The first-order chi connectivity index (χ1) is 13.3. The summed E-state index contributed by atoms with van der Waals surface area (Å²) in [5.74, 6) is 0. The maximum absolute atomic E-state index is 4.34. The van der Waals surface area contributed by atoms with Crippen molar-refractivity contribution in [1.29, 1.82) is 0 Å². The smallest absolute Gasteiger partial charge is 0.0704 e. The highest BCUT2D eigenvalue weighted by Crippen LogP contribution is 2.17. The number of pyridine rings is 1. The zero-order valence-electron chi connectivity index (χ0n) is 18.4. The summed E-state index contributed by atoms with van der Waals surface area (Å²) >= 11 is 0. The summed E-state index contributed by atoms with van der Waals surface area (Å²) in [7, 11) is 0. The molecule has 0 amide bonds. The SMILES string of the molecule is C=C(C)C.CCCc1ccccc1C.Cc1ccc(-c2cc(C)ccn2)cc1. The van der Waals surface area contributed by atoms with Crippen molar-refractivity contribution in [1.82, 2.24) is 4.98 Å². The van der Waals surface area contributed by atoms with Gasteiger partial charge < -0.3 is 0 Å². The molecule has 0 atom stereocenters. The Morgan fingerprint density at radius 2 is 1.46 bits per heavy atom. The highest BCUT2D eigenvalue weighted by atomic mass is 14.7. The van der Waals surface area contributed by atoms with Gasteiger partial charge in [0.25, 0.3) is 0 Å². The van der Waals surface area contributed by atoms with Crippen LogP contribution in [0.25, 0.3) is 11.3 Å². The van der Waals surface area contributed by atoms with Crippen molar-refractivity contribution in [2.45, 2.75) is 54.4 Å². The maximum atomic E-state index is 4.34. The van der Waals surface area contributed by atoms with E-state index >= 15 is 0 Å². The summed E-state index contributed by atoms with van der Waals surface area (Å²) in [4.78, 5) is 4.34. The van der Waals surface area contributed by atoms with E-state index in [0.717, 1.165) is 5.69 Å². The first-order valence-electron chi connectivity index (χ1n) is 9.99. The van der Waals surface area contributed by atoms with Gasteiger partial charge in [0, 0.05) is 11.8 Å². The molecule has 0 fully saturated rings. The lowest BCUT2D eigenvalue weighted by molar-refractivity contribution is 0.913. The van der Waals surface area contributed by atoms with E-state index in [-0.39, 0.29) is 0 Å². The standard InChI is InChI=1S/C13H13N.C10H14.C4H8/c1-10-3-5-12(6-4-10)13-9-11(2)7-8-14-13;1-3-6-10-8-5-4-7-9(10)2;1-4(2)3/h3-9H,1-2H3;4-5,7-8H,3,6H2,1-2H3;1H2,2-3H3. The molecule has 1 aromatic heterocycles. The van der Waals surface area contributed by atoms with E-state index in [1.807, 2.05) is 26.1 Å². The minimum Gasteiger partial charge on any atom is -0.256 e. The summed E-state index contributed by atoms with van der Waals surface area (Å²) in [6.45, 7) is 16.1. The Morgan fingerprint density at radius 1 is 0.857 bits per heavy atom. The second-order valence-electron chi connectivity index (χ2n) is 7.47. The molecule has 1 heterocycles. The van der Waals surface area contributed by atoms with Crippen molar-refractivity contribution in [3.63, 3.8) is 0 Å². The lowest BCUT2D eigenvalue weighted by Crippen LogP contribution is -1.85. The molecule has 0 unspecified atom stereocenters. The van der Waals surface area contributed by atoms with Gasteiger partial charge in [-0.3, -0.25) is 4.98 Å². The van der Waals surface area contributed by atoms with E-state index in [9.17, 15) is 0 Å². The Kier molecular flexibility index (Phi) is 10.6. The number of aryl methyl sites for hydroxylation is 4. The van der Waals surface area contributed by atoms with E-state index < -0.39 is 0 Å². The normalized spacial score (nSPS) is 9.50. The molecule has 28 heavy (non-hydrogen) atoms. The number of nitrogens with zero attached hydrogens (tertiary/aromatic N) is 1. The van der Waals surface area contributed by atoms with E-state index in [1.54, 1.807) is 0 Å². The van der Waals surface area contributed by atoms with Crippen molar-refractivity contribution in [3.8, 4) is 11.3 Å². The fourth-order valence-corrected chi connectivity index (χ4v) is 2.58. The predicted octanol–water partition coefficient (Wildman–Crippen LogP) is 7.90. The third-order valence-electron chi connectivity index (χ3n) is 4.04. The van der Waals surface area contributed by atoms with Crippen LogP contribution in [0.5, 0.6) is 0 Å². The summed E-state index contributed by atoms with van der Waals surface area (Å²) in [6, 6.07) is 21.1. The van der Waals surface area contributed by atoms with Crippen molar-refractivity contribution in [2.75, 3.05) is 0 Å². The van der Waals surface area contributed by atoms with Crippen LogP contribution in [-0.2, 0) is 6.42 Å². The Balaban J connectivity index is 0.000000245. The van der Waals surface area contributed by atoms with Crippen molar-refractivity contribution in [2.24, 2.45) is 0 Å². The largest absolute Gasteiger partial charge is 0.256 e. The number of allylic oxidation sites excluding steroid dienone is 1. The molecular formula is C27H35N. The molecule has 0 spiro atoms. The fraction of sp³-hybridized carbons (Fsp3) is 0.296. The highest BCUT2D eigenvalue weighted by molar-refractivity contribution is 5.59. The molecule has 2 aromatic carbocycles. The van der Waals surface area contributed by atoms with Crippen molar-refractivity contribution in [3.05, 3.63) is 101 Å². The zero-order valence-corrected chi connectivity index (χ0v) is 18.4. The second kappa shape index (κ2) is 12.7. The lowest BCUT2D eigenvalue weighted by atomic mass is 10.1. The van der Waals surface area contributed by atoms with Gasteiger partial charge in [0.15, 0.2) is 0 Å². The van der Waals surface area contributed by atoms with Gasteiger partial charge >= 0.3 is 0 Å². The van der Waals surface area contributed by atoms with Crippen LogP contribution < -0.4 is 0 Å². The van der Waals surface area contributed by atoms with E-state index in [1.165, 1.54) is 46.2 Å². The average molecular weight is 374 g/mol. The molecule has 0 N–H and O–H groups in total. The quantitative estimate of drug-likeness (QED) is 0.425. The van der Waals surface area contributed by atoms with Gasteiger partial charge in [0.05, 0.1) is 5.69 Å². The van der Waals surface area contributed by atoms with Crippen molar-refractivity contribution < 1.29 is 0 Å². The molecule has 3 rings (SSSR count). The van der Waals surface area contributed by atoms with E-state index in [0.29, 0.717) is 0 Å². The van der Waals surface area contributed by atoms with Crippen LogP contribution in [0, 0.1) is 20.8 Å². The Bertz CT molecular complexity index is 840. The molecule has 0 aliphatic heterocycles. The number of aromatic nitrogens is 1. The lowest BCUT2D eigenvalue weighted by Gasteiger charge is -2.01. The van der Waals surface area contributed by atoms with Gasteiger partial charge in [-0.15, -0.1) is 6.58 Å². The minimum absolute atomic E-state index is 1.05. The topological polar surface area (TPSA) is 12.9 Å². The van der Waals surface area contributed by atoms with Gasteiger partial charge in [0.1, 0.15) is 0 Å². The second-order valence-corrected chi connectivity index (χ2v) is 7.47. The van der Waals surface area contributed by atoms with Crippen LogP contribution in [0.3, 0.4) is 0 Å². The van der Waals surface area contributed by atoms with Crippen LogP contribution in [0.1, 0.15) is 49.4 Å². The number of hydrogen-bond acceptors (Lipinski definition) is 1. The molecule has 0 bridgehead atoms. The van der Waals surface area contributed by atoms with Crippen LogP contribution in [0.2, 0.25) is 0 Å². The van der Waals surface area contributed by atoms with Gasteiger partial charge in [-0.2, -0.15) is 0 Å². The van der Waals surface area contributed by atoms with Crippen molar-refractivity contribution >= 4 is 0 Å². The van der Waals surface area contributed by atoms with Gasteiger partial charge in [-0.25, -0.2) is 0 Å². The summed E-state index contributed by atoms with van der Waals surface area (Å²) in [6.07, 6.45) is 4.31. The van der Waals surface area contributed by atoms with Crippen LogP contribution in [0.15, 0.2) is 79.0 Å². The molecule has 148 valence electrons. The zero-order chi connectivity index (χ0) is 20.9. The molecule has 0 saturated carbocycles. The van der Waals surface area contributed by atoms with Crippen LogP contribution in [0.4, 0.5) is 0 Å². The van der Waals surface area contributed by atoms with Gasteiger partial charge in [-0.1, -0.05) is 73.0 Å². The monoisotopic (exact) mass is 373 g/mol. The number of rotatable bonds is 3. The molecule has 0 saturated heterocycles. The maximum Gasteiger partial charge on any atom is 0.0704 e. The Labute approximate surface area is 172 Å². The summed E-state index contributed by atoms with van der Waals surface area (Å²) in [5, 5.41) is 0. The van der Waals surface area contributed by atoms with Gasteiger partial charge in [-0.05, 0) is 69.9 Å². The molecule has 1 nitrogen and oxygen atoms in total.